The lowest BCUT2D eigenvalue weighted by Gasteiger charge is -2.11. The van der Waals surface area contributed by atoms with E-state index in [0.717, 1.165) is 11.3 Å². The fourth-order valence-corrected chi connectivity index (χ4v) is 3.32. The number of carbonyl (C=O) groups is 3. The molecule has 0 radical (unpaired) electrons. The number of nitrogens with one attached hydrogen (secondary N) is 2. The van der Waals surface area contributed by atoms with E-state index in [1.165, 1.54) is 11.3 Å². The predicted octanol–water partition coefficient (Wildman–Crippen LogP) is 3.89. The highest BCUT2D eigenvalue weighted by Gasteiger charge is 2.22. The fourth-order valence-electron chi connectivity index (χ4n) is 3.32. The Bertz CT molecular complexity index is 1140. The molecule has 0 saturated carbocycles. The van der Waals surface area contributed by atoms with Crippen LogP contribution in [-0.4, -0.2) is 35.0 Å². The Hall–Kier alpha value is -4.20. The van der Waals surface area contributed by atoms with Crippen molar-refractivity contribution >= 4 is 34.8 Å². The van der Waals surface area contributed by atoms with Crippen LogP contribution < -0.4 is 10.6 Å². The van der Waals surface area contributed by atoms with Crippen LogP contribution in [0.25, 0.3) is 0 Å². The maximum absolute atomic E-state index is 12.4. The average molecular weight is 430 g/mol. The smallest absolute Gasteiger partial charge is 0.291 e. The van der Waals surface area contributed by atoms with Crippen LogP contribution in [0, 0.1) is 0 Å². The number of hydrogen-bond donors (Lipinski definition) is 2. The van der Waals surface area contributed by atoms with Crippen LogP contribution in [0.2, 0.25) is 0 Å². The van der Waals surface area contributed by atoms with E-state index < -0.39 is 0 Å². The van der Waals surface area contributed by atoms with Crippen LogP contribution in [0.3, 0.4) is 0 Å². The van der Waals surface area contributed by atoms with Crippen LogP contribution in [0.1, 0.15) is 35.4 Å². The molecule has 162 valence electrons. The van der Waals surface area contributed by atoms with Crippen LogP contribution >= 0.6 is 0 Å². The van der Waals surface area contributed by atoms with Gasteiger partial charge in [-0.05, 0) is 35.9 Å². The molecule has 0 atom stereocenters. The van der Waals surface area contributed by atoms with Gasteiger partial charge in [-0.1, -0.05) is 36.4 Å². The van der Waals surface area contributed by atoms with Crippen molar-refractivity contribution < 1.29 is 18.8 Å². The van der Waals surface area contributed by atoms with Gasteiger partial charge in [-0.25, -0.2) is 5.01 Å². The molecular formula is C24H22N4O4. The topological polar surface area (TPSA) is 104 Å². The molecule has 1 aromatic heterocycles. The number of anilines is 2. The summed E-state index contributed by atoms with van der Waals surface area (Å²) >= 11 is 0. The molecule has 0 saturated heterocycles. The number of hydrogen-bond acceptors (Lipinski definition) is 5. The summed E-state index contributed by atoms with van der Waals surface area (Å²) in [6.07, 6.45) is 2.21. The molecule has 32 heavy (non-hydrogen) atoms. The summed E-state index contributed by atoms with van der Waals surface area (Å²) in [5.74, 6) is -0.673. The van der Waals surface area contributed by atoms with Gasteiger partial charge in [0, 0.05) is 30.6 Å². The van der Waals surface area contributed by atoms with Gasteiger partial charge in [0.05, 0.1) is 18.5 Å². The minimum Gasteiger partial charge on any atom is -0.459 e. The van der Waals surface area contributed by atoms with E-state index in [1.54, 1.807) is 36.4 Å². The zero-order chi connectivity index (χ0) is 22.3. The Morgan fingerprint density at radius 3 is 2.44 bits per heavy atom. The zero-order valence-electron chi connectivity index (χ0n) is 17.3. The molecule has 3 aromatic rings. The third-order valence-corrected chi connectivity index (χ3v) is 4.91. The summed E-state index contributed by atoms with van der Waals surface area (Å²) in [6, 6.07) is 19.7. The highest BCUT2D eigenvalue weighted by Crippen LogP contribution is 2.18. The highest BCUT2D eigenvalue weighted by atomic mass is 16.3. The van der Waals surface area contributed by atoms with Crippen molar-refractivity contribution in [2.24, 2.45) is 5.10 Å². The van der Waals surface area contributed by atoms with Crippen molar-refractivity contribution in [1.29, 1.82) is 0 Å². The summed E-state index contributed by atoms with van der Waals surface area (Å²) in [4.78, 5) is 36.8. The number of hydrazone groups is 1. The molecule has 0 aliphatic carbocycles. The minimum absolute atomic E-state index is 0.0362. The first-order valence-corrected chi connectivity index (χ1v) is 10.3. The number of benzene rings is 2. The van der Waals surface area contributed by atoms with E-state index in [0.29, 0.717) is 24.3 Å². The van der Waals surface area contributed by atoms with Gasteiger partial charge in [0.15, 0.2) is 5.76 Å². The summed E-state index contributed by atoms with van der Waals surface area (Å²) < 4.78 is 5.06. The van der Waals surface area contributed by atoms with E-state index in [4.69, 9.17) is 4.42 Å². The van der Waals surface area contributed by atoms with Crippen LogP contribution in [-0.2, 0) is 9.59 Å². The van der Waals surface area contributed by atoms with E-state index in [-0.39, 0.29) is 36.3 Å². The molecule has 0 spiro atoms. The Labute approximate surface area is 184 Å². The van der Waals surface area contributed by atoms with Crippen molar-refractivity contribution in [3.8, 4) is 0 Å². The van der Waals surface area contributed by atoms with Crippen LogP contribution in [0.4, 0.5) is 11.4 Å². The molecule has 1 aliphatic rings. The summed E-state index contributed by atoms with van der Waals surface area (Å²) in [5, 5.41) is 11.3. The van der Waals surface area contributed by atoms with Crippen molar-refractivity contribution in [2.45, 2.75) is 19.3 Å². The van der Waals surface area contributed by atoms with Crippen molar-refractivity contribution in [1.82, 2.24) is 5.01 Å². The zero-order valence-corrected chi connectivity index (χ0v) is 17.3. The number of carbonyl (C=O) groups excluding carboxylic acids is 3. The minimum atomic E-state index is -0.384. The average Bonchev–Trinajstić information content (AvgIpc) is 3.51. The normalized spacial score (nSPS) is 12.9. The van der Waals surface area contributed by atoms with Gasteiger partial charge >= 0.3 is 0 Å². The monoisotopic (exact) mass is 430 g/mol. The van der Waals surface area contributed by atoms with Crippen molar-refractivity contribution in [3.63, 3.8) is 0 Å². The molecular weight excluding hydrogens is 408 g/mol. The molecule has 8 nitrogen and oxygen atoms in total. The second-order valence-electron chi connectivity index (χ2n) is 7.24. The van der Waals surface area contributed by atoms with Gasteiger partial charge in [-0.2, -0.15) is 5.10 Å². The van der Waals surface area contributed by atoms with Gasteiger partial charge in [-0.3, -0.25) is 14.4 Å². The predicted molar refractivity (Wildman–Crippen MR) is 120 cm³/mol. The Morgan fingerprint density at radius 1 is 0.906 bits per heavy atom. The molecule has 3 amide bonds. The van der Waals surface area contributed by atoms with E-state index >= 15 is 0 Å². The van der Waals surface area contributed by atoms with Crippen LogP contribution in [0.15, 0.2) is 82.5 Å². The molecule has 1 aliphatic heterocycles. The SMILES string of the molecule is O=C(CCC(=O)N1CCC(c2ccccc2)=N1)Nc1cccc(NC(=O)c2ccco2)c1. The quantitative estimate of drug-likeness (QED) is 0.593. The molecule has 2 heterocycles. The van der Waals surface area contributed by atoms with Gasteiger partial charge in [0.25, 0.3) is 5.91 Å². The van der Waals surface area contributed by atoms with Crippen LogP contribution in [0.5, 0.6) is 0 Å². The fraction of sp³-hybridized carbons (Fsp3) is 0.167. The van der Waals surface area contributed by atoms with Gasteiger partial charge in [0.1, 0.15) is 0 Å². The third kappa shape index (κ3) is 5.28. The second kappa shape index (κ2) is 9.74. The number of amides is 3. The molecule has 0 fully saturated rings. The Kier molecular flexibility index (Phi) is 6.41. The number of rotatable bonds is 7. The lowest BCUT2D eigenvalue weighted by molar-refractivity contribution is -0.132. The maximum Gasteiger partial charge on any atom is 0.291 e. The largest absolute Gasteiger partial charge is 0.459 e. The number of furan rings is 1. The molecule has 8 heteroatoms. The van der Waals surface area contributed by atoms with Gasteiger partial charge < -0.3 is 15.1 Å². The summed E-state index contributed by atoms with van der Waals surface area (Å²) in [7, 11) is 0. The van der Waals surface area contributed by atoms with E-state index in [1.807, 2.05) is 30.3 Å². The standard InChI is InChI=1S/C24H22N4O4/c29-22(11-12-23(30)28-14-13-20(27-28)17-6-2-1-3-7-17)25-18-8-4-9-19(16-18)26-24(31)21-10-5-15-32-21/h1-10,15-16H,11-14H2,(H,25,29)(H,26,31). The first kappa shape index (κ1) is 21.0. The third-order valence-electron chi connectivity index (χ3n) is 4.91. The Balaban J connectivity index is 1.27. The molecule has 4 rings (SSSR count). The molecule has 0 bridgehead atoms. The maximum atomic E-state index is 12.4. The van der Waals surface area contributed by atoms with Gasteiger partial charge in [-0.15, -0.1) is 0 Å². The lowest BCUT2D eigenvalue weighted by Crippen LogP contribution is -2.25. The Morgan fingerprint density at radius 2 is 1.69 bits per heavy atom. The highest BCUT2D eigenvalue weighted by molar-refractivity contribution is 6.03. The van der Waals surface area contributed by atoms with Gasteiger partial charge in [0.2, 0.25) is 11.8 Å². The van der Waals surface area contributed by atoms with E-state index in [9.17, 15) is 14.4 Å². The molecule has 2 aromatic carbocycles. The van der Waals surface area contributed by atoms with E-state index in [2.05, 4.69) is 15.7 Å². The second-order valence-corrected chi connectivity index (χ2v) is 7.24. The lowest BCUT2D eigenvalue weighted by atomic mass is 10.1. The summed E-state index contributed by atoms with van der Waals surface area (Å²) in [5.41, 5.74) is 2.90. The number of nitrogens with zero attached hydrogens (tertiary/aromatic N) is 2. The van der Waals surface area contributed by atoms with Crippen molar-refractivity contribution in [2.75, 3.05) is 17.2 Å². The molecule has 0 unspecified atom stereocenters. The summed E-state index contributed by atoms with van der Waals surface area (Å²) in [6.45, 7) is 0.516. The first-order chi connectivity index (χ1) is 15.6. The van der Waals surface area contributed by atoms with Crippen molar-refractivity contribution in [3.05, 3.63) is 84.3 Å². The first-order valence-electron chi connectivity index (χ1n) is 10.3. The molecule has 2 N–H and O–H groups in total.